The van der Waals surface area contributed by atoms with Crippen LogP contribution in [0, 0.1) is 0 Å². The molecule has 2 aromatic rings. The Labute approximate surface area is 177 Å². The van der Waals surface area contributed by atoms with Gasteiger partial charge in [-0.2, -0.15) is 5.10 Å². The normalized spacial score (nSPS) is 18.3. The topological polar surface area (TPSA) is 74.6 Å². The summed E-state index contributed by atoms with van der Waals surface area (Å²) in [4.78, 5) is 35.5. The van der Waals surface area contributed by atoms with E-state index >= 15 is 0 Å². The van der Waals surface area contributed by atoms with Gasteiger partial charge >= 0.3 is 0 Å². The van der Waals surface area contributed by atoms with Crippen molar-refractivity contribution in [2.75, 3.05) is 45.8 Å². The number of carbonyl (C=O) groups is 2. The molecule has 160 valence electrons. The lowest BCUT2D eigenvalue weighted by molar-refractivity contribution is -0.132. The van der Waals surface area contributed by atoms with Crippen LogP contribution in [0.1, 0.15) is 41.6 Å². The Hall–Kier alpha value is -2.74. The second-order valence-electron chi connectivity index (χ2n) is 8.15. The SMILES string of the molecule is O=C(CN1CCN(C(=O)c2ccc(Cn3cncn3)cc2)CC1)N1CCCCCC1. The number of rotatable bonds is 5. The van der Waals surface area contributed by atoms with E-state index in [1.165, 1.54) is 19.2 Å². The van der Waals surface area contributed by atoms with Crippen molar-refractivity contribution in [3.05, 3.63) is 48.0 Å². The summed E-state index contributed by atoms with van der Waals surface area (Å²) in [7, 11) is 0. The summed E-state index contributed by atoms with van der Waals surface area (Å²) in [5, 5.41) is 4.10. The van der Waals surface area contributed by atoms with Crippen LogP contribution >= 0.6 is 0 Å². The van der Waals surface area contributed by atoms with Crippen molar-refractivity contribution in [1.29, 1.82) is 0 Å². The Balaban J connectivity index is 1.25. The third-order valence-corrected chi connectivity index (χ3v) is 5.99. The molecule has 0 atom stereocenters. The van der Waals surface area contributed by atoms with E-state index in [1.807, 2.05) is 34.1 Å². The van der Waals surface area contributed by atoms with E-state index in [-0.39, 0.29) is 11.8 Å². The molecular weight excluding hydrogens is 380 g/mol. The van der Waals surface area contributed by atoms with Gasteiger partial charge in [0.2, 0.25) is 5.91 Å². The highest BCUT2D eigenvalue weighted by Gasteiger charge is 2.25. The summed E-state index contributed by atoms with van der Waals surface area (Å²) in [5.41, 5.74) is 1.78. The zero-order valence-corrected chi connectivity index (χ0v) is 17.4. The molecule has 0 N–H and O–H groups in total. The van der Waals surface area contributed by atoms with Gasteiger partial charge in [0, 0.05) is 44.8 Å². The first-order valence-electron chi connectivity index (χ1n) is 10.9. The molecule has 0 saturated carbocycles. The van der Waals surface area contributed by atoms with E-state index in [9.17, 15) is 9.59 Å². The van der Waals surface area contributed by atoms with E-state index in [2.05, 4.69) is 15.0 Å². The molecule has 0 aliphatic carbocycles. The highest BCUT2D eigenvalue weighted by Crippen LogP contribution is 2.13. The first-order valence-corrected chi connectivity index (χ1v) is 10.9. The Bertz CT molecular complexity index is 820. The van der Waals surface area contributed by atoms with Crippen molar-refractivity contribution in [3.63, 3.8) is 0 Å². The van der Waals surface area contributed by atoms with Gasteiger partial charge in [0.05, 0.1) is 13.1 Å². The maximum absolute atomic E-state index is 12.8. The number of benzene rings is 1. The minimum absolute atomic E-state index is 0.0563. The molecule has 4 rings (SSSR count). The molecule has 2 amide bonds. The van der Waals surface area contributed by atoms with Crippen molar-refractivity contribution in [1.82, 2.24) is 29.5 Å². The molecule has 2 aliphatic rings. The summed E-state index contributed by atoms with van der Waals surface area (Å²) >= 11 is 0. The fraction of sp³-hybridized carbons (Fsp3) is 0.545. The number of amides is 2. The van der Waals surface area contributed by atoms with Crippen LogP contribution in [0.15, 0.2) is 36.9 Å². The highest BCUT2D eigenvalue weighted by molar-refractivity contribution is 5.94. The minimum Gasteiger partial charge on any atom is -0.342 e. The van der Waals surface area contributed by atoms with E-state index in [4.69, 9.17) is 0 Å². The summed E-state index contributed by atoms with van der Waals surface area (Å²) in [6.45, 7) is 5.70. The van der Waals surface area contributed by atoms with Crippen LogP contribution in [-0.2, 0) is 11.3 Å². The molecule has 3 heterocycles. The molecular formula is C22H30N6O2. The lowest BCUT2D eigenvalue weighted by Crippen LogP contribution is -2.51. The van der Waals surface area contributed by atoms with Gasteiger partial charge < -0.3 is 9.80 Å². The van der Waals surface area contributed by atoms with Gasteiger partial charge in [0.25, 0.3) is 5.91 Å². The van der Waals surface area contributed by atoms with Crippen LogP contribution in [0.25, 0.3) is 0 Å². The molecule has 2 aliphatic heterocycles. The van der Waals surface area contributed by atoms with E-state index < -0.39 is 0 Å². The van der Waals surface area contributed by atoms with Gasteiger partial charge in [-0.05, 0) is 30.5 Å². The zero-order valence-electron chi connectivity index (χ0n) is 17.4. The summed E-state index contributed by atoms with van der Waals surface area (Å²) in [6.07, 6.45) is 7.88. The molecule has 30 heavy (non-hydrogen) atoms. The second-order valence-corrected chi connectivity index (χ2v) is 8.15. The first-order chi connectivity index (χ1) is 14.7. The second kappa shape index (κ2) is 9.84. The van der Waals surface area contributed by atoms with Gasteiger partial charge in [-0.25, -0.2) is 9.67 Å². The molecule has 0 spiro atoms. The molecule has 0 radical (unpaired) electrons. The lowest BCUT2D eigenvalue weighted by atomic mass is 10.1. The standard InChI is InChI=1S/C22H30N6O2/c29-21(26-9-3-1-2-4-10-26)16-25-11-13-27(14-12-25)22(30)20-7-5-19(6-8-20)15-28-18-23-17-24-28/h5-8,17-18H,1-4,9-16H2. The maximum Gasteiger partial charge on any atom is 0.253 e. The average molecular weight is 411 g/mol. The molecule has 0 unspecified atom stereocenters. The zero-order chi connectivity index (χ0) is 20.8. The van der Waals surface area contributed by atoms with Gasteiger partial charge in [0.15, 0.2) is 0 Å². The van der Waals surface area contributed by atoms with Crippen LogP contribution in [0.3, 0.4) is 0 Å². The molecule has 2 saturated heterocycles. The summed E-state index contributed by atoms with van der Waals surface area (Å²) < 4.78 is 1.75. The van der Waals surface area contributed by atoms with Crippen molar-refractivity contribution < 1.29 is 9.59 Å². The first kappa shape index (κ1) is 20.5. The fourth-order valence-electron chi connectivity index (χ4n) is 4.16. The van der Waals surface area contributed by atoms with Crippen LogP contribution in [0.2, 0.25) is 0 Å². The lowest BCUT2D eigenvalue weighted by Gasteiger charge is -2.35. The van der Waals surface area contributed by atoms with Crippen molar-refractivity contribution in [3.8, 4) is 0 Å². The Morgan fingerprint density at radius 2 is 1.53 bits per heavy atom. The molecule has 2 fully saturated rings. The van der Waals surface area contributed by atoms with E-state index in [1.54, 1.807) is 11.0 Å². The van der Waals surface area contributed by atoms with Crippen LogP contribution < -0.4 is 0 Å². The molecule has 8 nitrogen and oxygen atoms in total. The summed E-state index contributed by atoms with van der Waals surface area (Å²) in [6, 6.07) is 7.68. The third-order valence-electron chi connectivity index (χ3n) is 5.99. The molecule has 1 aromatic heterocycles. The molecule has 1 aromatic carbocycles. The number of hydrogen-bond acceptors (Lipinski definition) is 5. The van der Waals surface area contributed by atoms with Crippen LogP contribution in [0.4, 0.5) is 0 Å². The van der Waals surface area contributed by atoms with Crippen molar-refractivity contribution in [2.24, 2.45) is 0 Å². The Kier molecular flexibility index (Phi) is 6.74. The van der Waals surface area contributed by atoms with Crippen molar-refractivity contribution >= 4 is 11.8 Å². The van der Waals surface area contributed by atoms with Gasteiger partial charge in [-0.1, -0.05) is 25.0 Å². The predicted octanol–water partition coefficient (Wildman–Crippen LogP) is 1.49. The number of hydrogen-bond donors (Lipinski definition) is 0. The number of aromatic nitrogens is 3. The predicted molar refractivity (Wildman–Crippen MR) is 113 cm³/mol. The Morgan fingerprint density at radius 3 is 2.17 bits per heavy atom. The number of nitrogens with zero attached hydrogens (tertiary/aromatic N) is 6. The fourth-order valence-corrected chi connectivity index (χ4v) is 4.16. The highest BCUT2D eigenvalue weighted by atomic mass is 16.2. The third kappa shape index (κ3) is 5.24. The smallest absolute Gasteiger partial charge is 0.253 e. The molecule has 0 bridgehead atoms. The van der Waals surface area contributed by atoms with E-state index in [0.717, 1.165) is 44.6 Å². The van der Waals surface area contributed by atoms with Gasteiger partial charge in [0.1, 0.15) is 12.7 Å². The summed E-state index contributed by atoms with van der Waals surface area (Å²) in [5.74, 6) is 0.292. The molecule has 8 heteroatoms. The van der Waals surface area contributed by atoms with E-state index in [0.29, 0.717) is 31.7 Å². The largest absolute Gasteiger partial charge is 0.342 e. The maximum atomic E-state index is 12.8. The van der Waals surface area contributed by atoms with Crippen LogP contribution in [0.5, 0.6) is 0 Å². The van der Waals surface area contributed by atoms with Crippen LogP contribution in [-0.4, -0.2) is 87.1 Å². The minimum atomic E-state index is 0.0563. The average Bonchev–Trinajstić information content (AvgIpc) is 3.13. The quantitative estimate of drug-likeness (QED) is 0.747. The van der Waals surface area contributed by atoms with Crippen molar-refractivity contribution in [2.45, 2.75) is 32.2 Å². The number of likely N-dealkylation sites (tertiary alicyclic amines) is 1. The number of carbonyl (C=O) groups excluding carboxylic acids is 2. The number of piperazine rings is 1. The monoisotopic (exact) mass is 410 g/mol. The van der Waals surface area contributed by atoms with Gasteiger partial charge in [-0.15, -0.1) is 0 Å². The Morgan fingerprint density at radius 1 is 0.833 bits per heavy atom. The van der Waals surface area contributed by atoms with Gasteiger partial charge in [-0.3, -0.25) is 14.5 Å².